The SMILES string of the molecule is Cc1ccc2nc(N3CCS(O)(O)c4ccccc4C3)cc(N3CCC(CN)CC3)c2c1. The fourth-order valence-corrected chi connectivity index (χ4v) is 6.47. The smallest absolute Gasteiger partial charge is 0.131 e. The van der Waals surface area contributed by atoms with Crippen molar-refractivity contribution in [1.29, 1.82) is 0 Å². The lowest BCUT2D eigenvalue weighted by Crippen LogP contribution is -2.36. The fraction of sp³-hybridized carbons (Fsp3) is 0.400. The van der Waals surface area contributed by atoms with E-state index in [-0.39, 0.29) is 0 Å². The first-order chi connectivity index (χ1) is 15.4. The number of aryl methyl sites for hydroxylation is 1. The molecule has 3 heterocycles. The molecule has 1 fully saturated rings. The molecular formula is C25H32N4O2S. The molecule has 0 spiro atoms. The molecule has 1 saturated heterocycles. The van der Waals surface area contributed by atoms with Gasteiger partial charge in [-0.05, 0) is 56.0 Å². The highest BCUT2D eigenvalue weighted by Crippen LogP contribution is 2.51. The van der Waals surface area contributed by atoms with Crippen molar-refractivity contribution in [2.75, 3.05) is 41.7 Å². The summed E-state index contributed by atoms with van der Waals surface area (Å²) in [6.45, 7) is 6.04. The highest BCUT2D eigenvalue weighted by molar-refractivity contribution is 8.24. The summed E-state index contributed by atoms with van der Waals surface area (Å²) < 4.78 is 21.5. The van der Waals surface area contributed by atoms with Crippen LogP contribution in [0.5, 0.6) is 0 Å². The first-order valence-electron chi connectivity index (χ1n) is 11.4. The van der Waals surface area contributed by atoms with Crippen LogP contribution in [-0.4, -0.2) is 46.0 Å². The van der Waals surface area contributed by atoms with Crippen molar-refractivity contribution in [1.82, 2.24) is 4.98 Å². The molecule has 170 valence electrons. The summed E-state index contributed by atoms with van der Waals surface area (Å²) in [4.78, 5) is 10.3. The van der Waals surface area contributed by atoms with Crippen molar-refractivity contribution < 1.29 is 9.11 Å². The van der Waals surface area contributed by atoms with Gasteiger partial charge >= 0.3 is 0 Å². The second-order valence-corrected chi connectivity index (χ2v) is 11.3. The number of benzene rings is 2. The maximum atomic E-state index is 10.8. The van der Waals surface area contributed by atoms with Crippen LogP contribution in [0.15, 0.2) is 53.4 Å². The predicted octanol–water partition coefficient (Wildman–Crippen LogP) is 4.85. The molecule has 0 unspecified atom stereocenters. The summed E-state index contributed by atoms with van der Waals surface area (Å²) >= 11 is 0. The first kappa shape index (κ1) is 21.5. The number of hydrogen-bond donors (Lipinski definition) is 3. The van der Waals surface area contributed by atoms with Crippen LogP contribution < -0.4 is 15.5 Å². The highest BCUT2D eigenvalue weighted by Gasteiger charge is 2.27. The van der Waals surface area contributed by atoms with E-state index >= 15 is 0 Å². The summed E-state index contributed by atoms with van der Waals surface area (Å²) in [7, 11) is -2.80. The van der Waals surface area contributed by atoms with Crippen LogP contribution in [0.3, 0.4) is 0 Å². The lowest BCUT2D eigenvalue weighted by molar-refractivity contribution is 0.415. The molecule has 0 saturated carbocycles. The Kier molecular flexibility index (Phi) is 5.75. The molecule has 0 aliphatic carbocycles. The zero-order chi connectivity index (χ0) is 22.3. The van der Waals surface area contributed by atoms with Crippen molar-refractivity contribution in [2.24, 2.45) is 11.7 Å². The van der Waals surface area contributed by atoms with Gasteiger partial charge in [0.05, 0.1) is 16.2 Å². The van der Waals surface area contributed by atoms with Crippen LogP contribution in [0.25, 0.3) is 10.9 Å². The number of fused-ring (bicyclic) bond motifs is 2. The van der Waals surface area contributed by atoms with Gasteiger partial charge in [-0.3, -0.25) is 9.11 Å². The molecule has 0 amide bonds. The zero-order valence-corrected chi connectivity index (χ0v) is 19.4. The van der Waals surface area contributed by atoms with Gasteiger partial charge < -0.3 is 15.5 Å². The topological polar surface area (TPSA) is 85.9 Å². The lowest BCUT2D eigenvalue weighted by atomic mass is 9.96. The molecular weight excluding hydrogens is 420 g/mol. The zero-order valence-electron chi connectivity index (χ0n) is 18.6. The second kappa shape index (κ2) is 8.56. The van der Waals surface area contributed by atoms with Crippen LogP contribution in [0.4, 0.5) is 11.5 Å². The molecule has 5 rings (SSSR count). The molecule has 7 heteroatoms. The van der Waals surface area contributed by atoms with Crippen molar-refractivity contribution in [3.8, 4) is 0 Å². The number of pyridine rings is 1. The molecule has 2 aliphatic heterocycles. The van der Waals surface area contributed by atoms with E-state index in [1.807, 2.05) is 24.3 Å². The van der Waals surface area contributed by atoms with Crippen LogP contribution in [0.1, 0.15) is 24.0 Å². The van der Waals surface area contributed by atoms with Crippen LogP contribution in [-0.2, 0) is 6.54 Å². The molecule has 32 heavy (non-hydrogen) atoms. The van der Waals surface area contributed by atoms with E-state index < -0.39 is 10.6 Å². The molecule has 2 aromatic carbocycles. The Morgan fingerprint density at radius 3 is 2.59 bits per heavy atom. The average Bonchev–Trinajstić information content (AvgIpc) is 2.94. The van der Waals surface area contributed by atoms with Gasteiger partial charge in [-0.1, -0.05) is 29.8 Å². The number of nitrogens with zero attached hydrogens (tertiary/aromatic N) is 3. The Morgan fingerprint density at radius 2 is 1.81 bits per heavy atom. The Balaban J connectivity index is 1.56. The number of nitrogens with two attached hydrogens (primary N) is 1. The Bertz CT molecular complexity index is 1130. The molecule has 3 aromatic rings. The quantitative estimate of drug-likeness (QED) is 0.527. The van der Waals surface area contributed by atoms with Crippen molar-refractivity contribution in [3.63, 3.8) is 0 Å². The fourth-order valence-electron chi connectivity index (χ4n) is 4.92. The monoisotopic (exact) mass is 452 g/mol. The molecule has 0 radical (unpaired) electrons. The minimum Gasteiger partial charge on any atom is -0.371 e. The van der Waals surface area contributed by atoms with E-state index in [1.54, 1.807) is 0 Å². The van der Waals surface area contributed by atoms with Crippen LogP contribution in [0, 0.1) is 12.8 Å². The lowest BCUT2D eigenvalue weighted by Gasteiger charge is -2.35. The first-order valence-corrected chi connectivity index (χ1v) is 13.1. The largest absolute Gasteiger partial charge is 0.371 e. The van der Waals surface area contributed by atoms with Gasteiger partial charge in [-0.25, -0.2) is 4.98 Å². The van der Waals surface area contributed by atoms with Gasteiger partial charge in [0.2, 0.25) is 0 Å². The van der Waals surface area contributed by atoms with Crippen molar-refractivity contribution >= 4 is 33.0 Å². The Morgan fingerprint density at radius 1 is 1.03 bits per heavy atom. The normalized spacial score (nSPS) is 20.1. The Hall–Kier alpha value is -2.32. The van der Waals surface area contributed by atoms with Gasteiger partial charge in [0.1, 0.15) is 5.82 Å². The number of hydrogen-bond acceptors (Lipinski definition) is 6. The molecule has 2 aliphatic rings. The molecule has 0 atom stereocenters. The third kappa shape index (κ3) is 4.06. The van der Waals surface area contributed by atoms with Crippen LogP contribution >= 0.6 is 10.6 Å². The highest BCUT2D eigenvalue weighted by atomic mass is 32.3. The van der Waals surface area contributed by atoms with Gasteiger partial charge in [0, 0.05) is 43.3 Å². The summed E-state index contributed by atoms with van der Waals surface area (Å²) in [5, 5.41) is 1.18. The van der Waals surface area contributed by atoms with Gasteiger partial charge in [0.15, 0.2) is 0 Å². The number of anilines is 2. The number of aromatic nitrogens is 1. The minimum absolute atomic E-state index is 0.314. The summed E-state index contributed by atoms with van der Waals surface area (Å²) in [6.07, 6.45) is 2.22. The van der Waals surface area contributed by atoms with E-state index in [9.17, 15) is 9.11 Å². The van der Waals surface area contributed by atoms with Crippen molar-refractivity contribution in [2.45, 2.75) is 31.2 Å². The average molecular weight is 453 g/mol. The van der Waals surface area contributed by atoms with Gasteiger partial charge in [0.25, 0.3) is 0 Å². The van der Waals surface area contributed by atoms with E-state index in [0.717, 1.165) is 49.4 Å². The van der Waals surface area contributed by atoms with Crippen LogP contribution in [0.2, 0.25) is 0 Å². The molecule has 4 N–H and O–H groups in total. The van der Waals surface area contributed by atoms with E-state index in [0.29, 0.717) is 29.7 Å². The third-order valence-electron chi connectivity index (χ3n) is 6.87. The molecule has 1 aromatic heterocycles. The number of rotatable bonds is 3. The summed E-state index contributed by atoms with van der Waals surface area (Å²) in [6, 6.07) is 16.3. The maximum absolute atomic E-state index is 10.8. The predicted molar refractivity (Wildman–Crippen MR) is 134 cm³/mol. The summed E-state index contributed by atoms with van der Waals surface area (Å²) in [5.41, 5.74) is 10.3. The molecule has 6 nitrogen and oxygen atoms in total. The van der Waals surface area contributed by atoms with Crippen molar-refractivity contribution in [3.05, 3.63) is 59.7 Å². The van der Waals surface area contributed by atoms with E-state index in [1.165, 1.54) is 16.6 Å². The Labute approximate surface area is 191 Å². The van der Waals surface area contributed by atoms with Gasteiger partial charge in [-0.15, -0.1) is 0 Å². The standard InChI is InChI=1S/C25H32N4O2S/c1-18-6-7-22-21(14-18)23(28-10-8-19(16-26)9-11-28)15-25(27-22)29-12-13-32(30,31)24-5-3-2-4-20(24)17-29/h2-7,14-15,19,30-31H,8-13,16-17,26H2,1H3. The maximum Gasteiger partial charge on any atom is 0.131 e. The van der Waals surface area contributed by atoms with Gasteiger partial charge in [-0.2, -0.15) is 10.6 Å². The van der Waals surface area contributed by atoms with E-state index in [2.05, 4.69) is 41.0 Å². The minimum atomic E-state index is -2.80. The number of piperidine rings is 1. The molecule has 0 bridgehead atoms. The third-order valence-corrected chi connectivity index (χ3v) is 8.73. The van der Waals surface area contributed by atoms with E-state index in [4.69, 9.17) is 10.7 Å². The second-order valence-electron chi connectivity index (χ2n) is 9.09. The summed E-state index contributed by atoms with van der Waals surface area (Å²) in [5.74, 6) is 1.81.